The Bertz CT molecular complexity index is 261. The Labute approximate surface area is 64.1 Å². The second-order valence-electron chi connectivity index (χ2n) is 2.08. The minimum Gasteiger partial charge on any atom is -0.298 e. The third kappa shape index (κ3) is 1.97. The van der Waals surface area contributed by atoms with E-state index < -0.39 is 0 Å². The average molecular weight is 149 g/mol. The molecule has 56 valence electrons. The number of hydrogen-bond acceptors (Lipinski definition) is 3. The van der Waals surface area contributed by atoms with E-state index in [9.17, 15) is 9.59 Å². The standard InChI is InChI=1S/C8H7NO2/c10-5-7-1-2-8(6-11)9-4-3-7/h1-2,4-6H,3H2. The molecule has 0 aromatic rings. The van der Waals surface area contributed by atoms with Crippen molar-refractivity contribution in [2.24, 2.45) is 4.99 Å². The Morgan fingerprint density at radius 1 is 1.27 bits per heavy atom. The lowest BCUT2D eigenvalue weighted by atomic mass is 10.2. The molecular weight excluding hydrogens is 142 g/mol. The maximum Gasteiger partial charge on any atom is 0.168 e. The van der Waals surface area contributed by atoms with Crippen molar-refractivity contribution in [1.29, 1.82) is 0 Å². The maximum absolute atomic E-state index is 10.3. The molecule has 1 aliphatic heterocycles. The van der Waals surface area contributed by atoms with Gasteiger partial charge in [0, 0.05) is 12.6 Å². The number of hydrogen-bond donors (Lipinski definition) is 0. The van der Waals surface area contributed by atoms with E-state index in [0.29, 0.717) is 24.0 Å². The molecule has 0 amide bonds. The van der Waals surface area contributed by atoms with Gasteiger partial charge >= 0.3 is 0 Å². The fraction of sp³-hybridized carbons (Fsp3) is 0.125. The quantitative estimate of drug-likeness (QED) is 0.541. The highest BCUT2D eigenvalue weighted by atomic mass is 16.1. The molecule has 1 aliphatic rings. The molecule has 0 saturated heterocycles. The minimum absolute atomic E-state index is 0.349. The highest BCUT2D eigenvalue weighted by molar-refractivity contribution is 5.85. The van der Waals surface area contributed by atoms with E-state index in [1.165, 1.54) is 6.08 Å². The predicted octanol–water partition coefficient (Wildman–Crippen LogP) is 0.669. The van der Waals surface area contributed by atoms with Crippen LogP contribution in [0.3, 0.4) is 0 Å². The van der Waals surface area contributed by atoms with Crippen molar-refractivity contribution in [3.8, 4) is 0 Å². The summed E-state index contributed by atoms with van der Waals surface area (Å²) in [6.45, 7) is 0. The van der Waals surface area contributed by atoms with Gasteiger partial charge in [-0.2, -0.15) is 0 Å². The largest absolute Gasteiger partial charge is 0.298 e. The number of aliphatic imine (C=N–C) groups is 1. The van der Waals surface area contributed by atoms with E-state index in [4.69, 9.17) is 0 Å². The molecule has 0 aromatic carbocycles. The zero-order valence-electron chi connectivity index (χ0n) is 5.86. The van der Waals surface area contributed by atoms with Gasteiger partial charge in [-0.1, -0.05) is 6.08 Å². The molecule has 0 atom stereocenters. The SMILES string of the molecule is O=CC1=CC=C(C=O)N=CC1. The van der Waals surface area contributed by atoms with Crippen LogP contribution in [0.4, 0.5) is 0 Å². The molecule has 0 radical (unpaired) electrons. The van der Waals surface area contributed by atoms with Gasteiger partial charge in [0.15, 0.2) is 6.29 Å². The highest BCUT2D eigenvalue weighted by Gasteiger charge is 1.96. The van der Waals surface area contributed by atoms with Crippen molar-refractivity contribution >= 4 is 18.8 Å². The molecule has 11 heavy (non-hydrogen) atoms. The molecule has 3 nitrogen and oxygen atoms in total. The average Bonchev–Trinajstić information content (AvgIpc) is 2.28. The Hall–Kier alpha value is -1.51. The predicted molar refractivity (Wildman–Crippen MR) is 41.4 cm³/mol. The second-order valence-corrected chi connectivity index (χ2v) is 2.08. The topological polar surface area (TPSA) is 46.5 Å². The number of nitrogens with zero attached hydrogens (tertiary/aromatic N) is 1. The maximum atomic E-state index is 10.3. The summed E-state index contributed by atoms with van der Waals surface area (Å²) in [4.78, 5) is 24.3. The Morgan fingerprint density at radius 3 is 2.73 bits per heavy atom. The number of rotatable bonds is 2. The molecule has 1 heterocycles. The lowest BCUT2D eigenvalue weighted by molar-refractivity contribution is -0.105. The smallest absolute Gasteiger partial charge is 0.168 e. The molecule has 0 aliphatic carbocycles. The molecule has 0 bridgehead atoms. The van der Waals surface area contributed by atoms with Crippen LogP contribution in [0.1, 0.15) is 6.42 Å². The van der Waals surface area contributed by atoms with Crippen LogP contribution >= 0.6 is 0 Å². The zero-order valence-corrected chi connectivity index (χ0v) is 5.86. The van der Waals surface area contributed by atoms with E-state index in [1.54, 1.807) is 12.3 Å². The highest BCUT2D eigenvalue weighted by Crippen LogP contribution is 2.03. The van der Waals surface area contributed by atoms with Gasteiger partial charge in [-0.3, -0.25) is 14.6 Å². The molecule has 0 N–H and O–H groups in total. The van der Waals surface area contributed by atoms with Gasteiger partial charge < -0.3 is 0 Å². The number of carbonyl (C=O) groups is 2. The van der Waals surface area contributed by atoms with Gasteiger partial charge in [0.25, 0.3) is 0 Å². The first-order chi connectivity index (χ1) is 5.36. The number of aldehydes is 2. The normalized spacial score (nSPS) is 16.4. The molecule has 0 fully saturated rings. The molecule has 0 unspecified atom stereocenters. The van der Waals surface area contributed by atoms with Crippen LogP contribution in [-0.2, 0) is 9.59 Å². The van der Waals surface area contributed by atoms with Gasteiger partial charge in [-0.25, -0.2) is 0 Å². The molecule has 3 heteroatoms. The van der Waals surface area contributed by atoms with Gasteiger partial charge in [0.2, 0.25) is 0 Å². The summed E-state index contributed by atoms with van der Waals surface area (Å²) < 4.78 is 0. The van der Waals surface area contributed by atoms with Crippen LogP contribution in [0.5, 0.6) is 0 Å². The summed E-state index contributed by atoms with van der Waals surface area (Å²) in [5.41, 5.74) is 0.979. The summed E-state index contributed by atoms with van der Waals surface area (Å²) in [5, 5.41) is 0. The monoisotopic (exact) mass is 149 g/mol. The van der Waals surface area contributed by atoms with Crippen LogP contribution in [-0.4, -0.2) is 18.8 Å². The lowest BCUT2D eigenvalue weighted by Crippen LogP contribution is -1.83. The van der Waals surface area contributed by atoms with Crippen molar-refractivity contribution < 1.29 is 9.59 Å². The third-order valence-corrected chi connectivity index (χ3v) is 1.31. The molecule has 0 spiro atoms. The summed E-state index contributed by atoms with van der Waals surface area (Å²) in [6, 6.07) is 0. The Balaban J connectivity index is 2.88. The van der Waals surface area contributed by atoms with E-state index in [1.807, 2.05) is 0 Å². The van der Waals surface area contributed by atoms with Crippen molar-refractivity contribution in [3.05, 3.63) is 23.4 Å². The first-order valence-electron chi connectivity index (χ1n) is 3.20. The minimum atomic E-state index is 0.349. The van der Waals surface area contributed by atoms with Crippen LogP contribution in [0, 0.1) is 0 Å². The fourth-order valence-corrected chi connectivity index (χ4v) is 0.717. The van der Waals surface area contributed by atoms with Crippen molar-refractivity contribution in [2.75, 3.05) is 0 Å². The summed E-state index contributed by atoms with van der Waals surface area (Å²) in [5.74, 6) is 0. The number of carbonyl (C=O) groups excluding carboxylic acids is 2. The zero-order chi connectivity index (χ0) is 8.10. The van der Waals surface area contributed by atoms with Gasteiger partial charge in [-0.15, -0.1) is 0 Å². The summed E-state index contributed by atoms with van der Waals surface area (Å²) in [6.07, 6.45) is 6.59. The van der Waals surface area contributed by atoms with Gasteiger partial charge in [-0.05, 0) is 11.6 Å². The van der Waals surface area contributed by atoms with E-state index >= 15 is 0 Å². The van der Waals surface area contributed by atoms with Crippen molar-refractivity contribution in [1.82, 2.24) is 0 Å². The van der Waals surface area contributed by atoms with Crippen LogP contribution in [0.2, 0.25) is 0 Å². The van der Waals surface area contributed by atoms with Gasteiger partial charge in [0.1, 0.15) is 12.0 Å². The summed E-state index contributed by atoms with van der Waals surface area (Å²) >= 11 is 0. The Morgan fingerprint density at radius 2 is 2.09 bits per heavy atom. The van der Waals surface area contributed by atoms with Crippen LogP contribution in [0.15, 0.2) is 28.4 Å². The van der Waals surface area contributed by atoms with E-state index in [-0.39, 0.29) is 0 Å². The number of allylic oxidation sites excluding steroid dienone is 4. The van der Waals surface area contributed by atoms with Crippen molar-refractivity contribution in [3.63, 3.8) is 0 Å². The van der Waals surface area contributed by atoms with Crippen LogP contribution < -0.4 is 0 Å². The summed E-state index contributed by atoms with van der Waals surface area (Å²) in [7, 11) is 0. The first-order valence-corrected chi connectivity index (χ1v) is 3.20. The Kier molecular flexibility index (Phi) is 2.49. The first kappa shape index (κ1) is 7.60. The van der Waals surface area contributed by atoms with E-state index in [2.05, 4.69) is 4.99 Å². The molecular formula is C8H7NO2. The molecule has 0 aromatic heterocycles. The van der Waals surface area contributed by atoms with Crippen LogP contribution in [0.25, 0.3) is 0 Å². The van der Waals surface area contributed by atoms with Gasteiger partial charge in [0.05, 0.1) is 0 Å². The molecule has 1 rings (SSSR count). The third-order valence-electron chi connectivity index (χ3n) is 1.31. The van der Waals surface area contributed by atoms with E-state index in [0.717, 1.165) is 6.29 Å². The lowest BCUT2D eigenvalue weighted by Gasteiger charge is -1.84. The van der Waals surface area contributed by atoms with Crippen molar-refractivity contribution in [2.45, 2.75) is 6.42 Å². The molecule has 0 saturated carbocycles. The fourth-order valence-electron chi connectivity index (χ4n) is 0.717. The second kappa shape index (κ2) is 3.61.